The number of aliphatic hydroxyl groups excluding tert-OH is 1. The van der Waals surface area contributed by atoms with Gasteiger partial charge in [0.2, 0.25) is 5.95 Å². The van der Waals surface area contributed by atoms with Crippen LogP contribution in [0, 0.1) is 0 Å². The summed E-state index contributed by atoms with van der Waals surface area (Å²) in [5.41, 5.74) is 7.17. The molecule has 0 radical (unpaired) electrons. The van der Waals surface area contributed by atoms with Gasteiger partial charge in [-0.1, -0.05) is 12.1 Å². The van der Waals surface area contributed by atoms with Gasteiger partial charge in [-0.15, -0.1) is 0 Å². The smallest absolute Gasteiger partial charge is 0.201 e. The van der Waals surface area contributed by atoms with Gasteiger partial charge in [-0.2, -0.15) is 0 Å². The zero-order valence-corrected chi connectivity index (χ0v) is 8.27. The number of nitrogens with one attached hydrogen (secondary N) is 2. The Labute approximate surface area is 87.3 Å². The van der Waals surface area contributed by atoms with Gasteiger partial charge in [0.25, 0.3) is 0 Å². The number of rotatable bonds is 4. The van der Waals surface area contributed by atoms with Crippen molar-refractivity contribution < 1.29 is 5.11 Å². The molecule has 1 aromatic carbocycles. The minimum Gasteiger partial charge on any atom is -0.390 e. The van der Waals surface area contributed by atoms with Crippen molar-refractivity contribution in [2.45, 2.75) is 6.10 Å². The molecule has 0 spiro atoms. The molecule has 0 amide bonds. The second-order valence-electron chi connectivity index (χ2n) is 3.37. The molecule has 2 rings (SSSR count). The Morgan fingerprint density at radius 3 is 3.00 bits per heavy atom. The quantitative estimate of drug-likeness (QED) is 0.579. The molecule has 1 atom stereocenters. The normalized spacial score (nSPS) is 12.9. The lowest BCUT2D eigenvalue weighted by atomic mass is 10.3. The molecule has 5 nitrogen and oxygen atoms in total. The molecule has 2 aromatic rings. The molecule has 15 heavy (non-hydrogen) atoms. The molecule has 1 unspecified atom stereocenters. The van der Waals surface area contributed by atoms with Gasteiger partial charge in [0.1, 0.15) is 0 Å². The highest BCUT2D eigenvalue weighted by Crippen LogP contribution is 2.12. The molecule has 5 heteroatoms. The molecule has 0 aliphatic carbocycles. The molecular weight excluding hydrogens is 192 g/mol. The summed E-state index contributed by atoms with van der Waals surface area (Å²) in [5.74, 6) is 0.656. The summed E-state index contributed by atoms with van der Waals surface area (Å²) in [6.07, 6.45) is -0.543. The van der Waals surface area contributed by atoms with E-state index in [0.29, 0.717) is 12.5 Å². The highest BCUT2D eigenvalue weighted by Gasteiger charge is 2.03. The van der Waals surface area contributed by atoms with E-state index in [1.807, 2.05) is 24.3 Å². The van der Waals surface area contributed by atoms with Gasteiger partial charge in [0.05, 0.1) is 17.1 Å². The first-order valence-electron chi connectivity index (χ1n) is 4.86. The van der Waals surface area contributed by atoms with Gasteiger partial charge < -0.3 is 21.1 Å². The van der Waals surface area contributed by atoms with Crippen molar-refractivity contribution >= 4 is 17.0 Å². The maximum absolute atomic E-state index is 9.26. The molecule has 80 valence electrons. The third-order valence-electron chi connectivity index (χ3n) is 2.17. The first-order chi connectivity index (χ1) is 7.29. The zero-order valence-electron chi connectivity index (χ0n) is 8.27. The Morgan fingerprint density at radius 1 is 1.47 bits per heavy atom. The fourth-order valence-electron chi connectivity index (χ4n) is 1.33. The van der Waals surface area contributed by atoms with E-state index >= 15 is 0 Å². The van der Waals surface area contributed by atoms with Gasteiger partial charge in [-0.3, -0.25) is 0 Å². The molecule has 0 fully saturated rings. The molecule has 0 saturated carbocycles. The van der Waals surface area contributed by atoms with Gasteiger partial charge >= 0.3 is 0 Å². The summed E-state index contributed by atoms with van der Waals surface area (Å²) in [4.78, 5) is 7.40. The lowest BCUT2D eigenvalue weighted by molar-refractivity contribution is 0.196. The molecular formula is C10H14N4O. The van der Waals surface area contributed by atoms with Crippen LogP contribution in [0.5, 0.6) is 0 Å². The van der Waals surface area contributed by atoms with Gasteiger partial charge in [-0.05, 0) is 12.1 Å². The van der Waals surface area contributed by atoms with Crippen molar-refractivity contribution in [3.8, 4) is 0 Å². The number of aromatic amines is 1. The summed E-state index contributed by atoms with van der Waals surface area (Å²) in [5, 5.41) is 12.3. The minimum atomic E-state index is -0.543. The number of anilines is 1. The van der Waals surface area contributed by atoms with Crippen LogP contribution in [0.2, 0.25) is 0 Å². The van der Waals surface area contributed by atoms with Crippen LogP contribution in [0.15, 0.2) is 24.3 Å². The Bertz CT molecular complexity index is 407. The first kappa shape index (κ1) is 9.95. The number of fused-ring (bicyclic) bond motifs is 1. The van der Waals surface area contributed by atoms with E-state index in [1.54, 1.807) is 0 Å². The van der Waals surface area contributed by atoms with E-state index in [-0.39, 0.29) is 6.54 Å². The van der Waals surface area contributed by atoms with Crippen molar-refractivity contribution in [3.05, 3.63) is 24.3 Å². The van der Waals surface area contributed by atoms with Crippen LogP contribution in [0.25, 0.3) is 11.0 Å². The Balaban J connectivity index is 2.09. The number of aliphatic hydroxyl groups is 1. The van der Waals surface area contributed by atoms with Crippen LogP contribution in [0.3, 0.4) is 0 Å². The lowest BCUT2D eigenvalue weighted by Crippen LogP contribution is -2.28. The van der Waals surface area contributed by atoms with Crippen molar-refractivity contribution in [3.63, 3.8) is 0 Å². The second-order valence-corrected chi connectivity index (χ2v) is 3.37. The standard InChI is InChI=1S/C10H14N4O/c11-5-7(15)6-12-10-13-8-3-1-2-4-9(8)14-10/h1-4,7,15H,5-6,11H2,(H2,12,13,14). The number of imidazole rings is 1. The predicted octanol–water partition coefficient (Wildman–Crippen LogP) is 0.294. The van der Waals surface area contributed by atoms with E-state index in [2.05, 4.69) is 15.3 Å². The van der Waals surface area contributed by atoms with Crippen LogP contribution in [0.4, 0.5) is 5.95 Å². The largest absolute Gasteiger partial charge is 0.390 e. The summed E-state index contributed by atoms with van der Waals surface area (Å²) >= 11 is 0. The van der Waals surface area contributed by atoms with Gasteiger partial charge in [-0.25, -0.2) is 4.98 Å². The number of H-pyrrole nitrogens is 1. The minimum absolute atomic E-state index is 0.243. The van der Waals surface area contributed by atoms with Gasteiger partial charge in [0, 0.05) is 13.1 Å². The fraction of sp³-hybridized carbons (Fsp3) is 0.300. The topological polar surface area (TPSA) is 87.0 Å². The summed E-state index contributed by atoms with van der Waals surface area (Å²) in [6.45, 7) is 0.642. The molecule has 1 aromatic heterocycles. The third-order valence-corrected chi connectivity index (χ3v) is 2.17. The summed E-state index contributed by atoms with van der Waals surface area (Å²) in [6, 6.07) is 7.75. The van der Waals surface area contributed by atoms with Gasteiger partial charge in [0.15, 0.2) is 0 Å². The zero-order chi connectivity index (χ0) is 10.7. The van der Waals surface area contributed by atoms with Crippen molar-refractivity contribution in [1.29, 1.82) is 0 Å². The van der Waals surface area contributed by atoms with Crippen molar-refractivity contribution in [2.75, 3.05) is 18.4 Å². The maximum atomic E-state index is 9.26. The van der Waals surface area contributed by atoms with Crippen LogP contribution < -0.4 is 11.1 Å². The molecule has 0 bridgehead atoms. The Kier molecular flexibility index (Phi) is 2.84. The summed E-state index contributed by atoms with van der Waals surface area (Å²) < 4.78 is 0. The van der Waals surface area contributed by atoms with Crippen molar-refractivity contribution in [2.24, 2.45) is 5.73 Å². The lowest BCUT2D eigenvalue weighted by Gasteiger charge is -2.07. The van der Waals surface area contributed by atoms with E-state index in [0.717, 1.165) is 11.0 Å². The molecule has 5 N–H and O–H groups in total. The maximum Gasteiger partial charge on any atom is 0.201 e. The summed E-state index contributed by atoms with van der Waals surface area (Å²) in [7, 11) is 0. The van der Waals surface area contributed by atoms with Crippen LogP contribution in [0.1, 0.15) is 0 Å². The SMILES string of the molecule is NCC(O)CNc1nc2ccccc2[nH]1. The number of aromatic nitrogens is 2. The van der Waals surface area contributed by atoms with E-state index in [9.17, 15) is 5.11 Å². The number of hydrogen-bond donors (Lipinski definition) is 4. The van der Waals surface area contributed by atoms with Crippen LogP contribution in [-0.2, 0) is 0 Å². The first-order valence-corrected chi connectivity index (χ1v) is 4.86. The Hall–Kier alpha value is -1.59. The monoisotopic (exact) mass is 206 g/mol. The number of benzene rings is 1. The third kappa shape index (κ3) is 2.26. The molecule has 0 saturated heterocycles. The van der Waals surface area contributed by atoms with Crippen molar-refractivity contribution in [1.82, 2.24) is 9.97 Å². The predicted molar refractivity (Wildman–Crippen MR) is 59.6 cm³/mol. The average Bonchev–Trinajstić information content (AvgIpc) is 2.68. The number of nitrogens with zero attached hydrogens (tertiary/aromatic N) is 1. The van der Waals surface area contributed by atoms with E-state index in [1.165, 1.54) is 0 Å². The van der Waals surface area contributed by atoms with E-state index in [4.69, 9.17) is 5.73 Å². The highest BCUT2D eigenvalue weighted by atomic mass is 16.3. The second kappa shape index (κ2) is 4.29. The molecule has 0 aliphatic heterocycles. The molecule has 1 heterocycles. The fourth-order valence-corrected chi connectivity index (χ4v) is 1.33. The van der Waals surface area contributed by atoms with Crippen LogP contribution >= 0.6 is 0 Å². The number of para-hydroxylation sites is 2. The molecule has 0 aliphatic rings. The van der Waals surface area contributed by atoms with Crippen LogP contribution in [-0.4, -0.2) is 34.3 Å². The number of nitrogens with two attached hydrogens (primary N) is 1. The van der Waals surface area contributed by atoms with E-state index < -0.39 is 6.10 Å². The number of hydrogen-bond acceptors (Lipinski definition) is 4. The average molecular weight is 206 g/mol. The Morgan fingerprint density at radius 2 is 2.27 bits per heavy atom. The highest BCUT2D eigenvalue weighted by molar-refractivity contribution is 5.77.